The first-order chi connectivity index (χ1) is 12.6. The van der Waals surface area contributed by atoms with Crippen LogP contribution >= 0.6 is 11.6 Å². The van der Waals surface area contributed by atoms with Crippen molar-refractivity contribution in [1.29, 1.82) is 0 Å². The first kappa shape index (κ1) is 17.0. The van der Waals surface area contributed by atoms with Crippen molar-refractivity contribution >= 4 is 34.0 Å². The highest BCUT2D eigenvalue weighted by Crippen LogP contribution is 2.27. The van der Waals surface area contributed by atoms with E-state index in [1.807, 2.05) is 44.3 Å². The van der Waals surface area contributed by atoms with E-state index in [-0.39, 0.29) is 0 Å². The molecule has 1 aromatic carbocycles. The SMILES string of the molecule is Cc1cc(N2CCC(Nc3ccnc4ccc(Cl)cc34)CC2)nc(C)n1. The maximum atomic E-state index is 6.17. The number of pyridine rings is 1. The second-order valence-electron chi connectivity index (χ2n) is 6.84. The van der Waals surface area contributed by atoms with Crippen LogP contribution in [0.2, 0.25) is 5.02 Å². The van der Waals surface area contributed by atoms with Gasteiger partial charge in [-0.05, 0) is 51.0 Å². The number of benzene rings is 1. The lowest BCUT2D eigenvalue weighted by atomic mass is 10.0. The highest BCUT2D eigenvalue weighted by molar-refractivity contribution is 6.31. The molecule has 0 atom stereocenters. The van der Waals surface area contributed by atoms with E-state index in [1.54, 1.807) is 0 Å². The second kappa shape index (κ2) is 7.08. The number of hydrogen-bond donors (Lipinski definition) is 1. The van der Waals surface area contributed by atoms with Gasteiger partial charge in [-0.25, -0.2) is 9.97 Å². The zero-order chi connectivity index (χ0) is 18.1. The predicted molar refractivity (Wildman–Crippen MR) is 107 cm³/mol. The largest absolute Gasteiger partial charge is 0.382 e. The molecule has 5 nitrogen and oxygen atoms in total. The van der Waals surface area contributed by atoms with Crippen LogP contribution in [-0.4, -0.2) is 34.1 Å². The molecule has 1 fully saturated rings. The summed E-state index contributed by atoms with van der Waals surface area (Å²) >= 11 is 6.17. The van der Waals surface area contributed by atoms with E-state index in [0.29, 0.717) is 6.04 Å². The summed E-state index contributed by atoms with van der Waals surface area (Å²) in [6, 6.07) is 10.4. The quantitative estimate of drug-likeness (QED) is 0.744. The van der Waals surface area contributed by atoms with Crippen LogP contribution in [0, 0.1) is 13.8 Å². The van der Waals surface area contributed by atoms with Crippen LogP contribution in [0.1, 0.15) is 24.4 Å². The maximum absolute atomic E-state index is 6.17. The summed E-state index contributed by atoms with van der Waals surface area (Å²) in [4.78, 5) is 15.7. The molecule has 134 valence electrons. The summed E-state index contributed by atoms with van der Waals surface area (Å²) < 4.78 is 0. The number of rotatable bonds is 3. The fraction of sp³-hybridized carbons (Fsp3) is 0.350. The third-order valence-corrected chi connectivity index (χ3v) is 5.07. The molecule has 1 saturated heterocycles. The summed E-state index contributed by atoms with van der Waals surface area (Å²) in [5.74, 6) is 1.87. The number of anilines is 2. The van der Waals surface area contributed by atoms with E-state index >= 15 is 0 Å². The number of hydrogen-bond acceptors (Lipinski definition) is 5. The number of fused-ring (bicyclic) bond motifs is 1. The number of nitrogens with zero attached hydrogens (tertiary/aromatic N) is 4. The highest BCUT2D eigenvalue weighted by atomic mass is 35.5. The minimum atomic E-state index is 0.430. The van der Waals surface area contributed by atoms with Gasteiger partial charge in [-0.1, -0.05) is 11.6 Å². The molecule has 1 aliphatic rings. The number of halogens is 1. The Kier molecular flexibility index (Phi) is 4.64. The minimum absolute atomic E-state index is 0.430. The van der Waals surface area contributed by atoms with Gasteiger partial charge < -0.3 is 10.2 Å². The monoisotopic (exact) mass is 367 g/mol. The summed E-state index contributed by atoms with van der Waals surface area (Å²) in [7, 11) is 0. The average Bonchev–Trinajstić information content (AvgIpc) is 2.62. The van der Waals surface area contributed by atoms with Crippen molar-refractivity contribution in [3.05, 3.63) is 53.1 Å². The lowest BCUT2D eigenvalue weighted by Crippen LogP contribution is -2.39. The fourth-order valence-electron chi connectivity index (χ4n) is 3.58. The Labute approximate surface area is 158 Å². The molecule has 0 radical (unpaired) electrons. The number of nitrogens with one attached hydrogen (secondary N) is 1. The van der Waals surface area contributed by atoms with Gasteiger partial charge in [0.15, 0.2) is 0 Å². The lowest BCUT2D eigenvalue weighted by Gasteiger charge is -2.34. The molecule has 0 saturated carbocycles. The van der Waals surface area contributed by atoms with Gasteiger partial charge in [0.1, 0.15) is 11.6 Å². The molecule has 1 N–H and O–H groups in total. The molecular formula is C20H22ClN5. The summed E-state index contributed by atoms with van der Waals surface area (Å²) in [6.07, 6.45) is 3.97. The third-order valence-electron chi connectivity index (χ3n) is 4.83. The minimum Gasteiger partial charge on any atom is -0.382 e. The maximum Gasteiger partial charge on any atom is 0.132 e. The summed E-state index contributed by atoms with van der Waals surface area (Å²) in [6.45, 7) is 5.94. The lowest BCUT2D eigenvalue weighted by molar-refractivity contribution is 0.523. The molecule has 1 aliphatic heterocycles. The predicted octanol–water partition coefficient (Wildman–Crippen LogP) is 4.38. The molecule has 0 unspecified atom stereocenters. The van der Waals surface area contributed by atoms with Gasteiger partial charge in [-0.15, -0.1) is 0 Å². The molecule has 4 rings (SSSR count). The number of piperidine rings is 1. The molecule has 6 heteroatoms. The van der Waals surface area contributed by atoms with E-state index in [2.05, 4.69) is 31.2 Å². The van der Waals surface area contributed by atoms with Gasteiger partial charge in [0.2, 0.25) is 0 Å². The summed E-state index contributed by atoms with van der Waals surface area (Å²) in [5, 5.41) is 5.50. The average molecular weight is 368 g/mol. The van der Waals surface area contributed by atoms with Gasteiger partial charge in [-0.2, -0.15) is 0 Å². The zero-order valence-electron chi connectivity index (χ0n) is 15.0. The smallest absolute Gasteiger partial charge is 0.132 e. The molecule has 0 aliphatic carbocycles. The van der Waals surface area contributed by atoms with Crippen molar-refractivity contribution in [2.75, 3.05) is 23.3 Å². The van der Waals surface area contributed by atoms with Crippen molar-refractivity contribution in [2.45, 2.75) is 32.7 Å². The van der Waals surface area contributed by atoms with Crippen LogP contribution in [0.15, 0.2) is 36.5 Å². The van der Waals surface area contributed by atoms with Gasteiger partial charge in [0.05, 0.1) is 5.52 Å². The molecule has 0 spiro atoms. The molecule has 3 aromatic rings. The molecule has 3 heterocycles. The Morgan fingerprint density at radius 3 is 2.65 bits per heavy atom. The molecular weight excluding hydrogens is 346 g/mol. The Hall–Kier alpha value is -2.40. The van der Waals surface area contributed by atoms with Crippen molar-refractivity contribution < 1.29 is 0 Å². The van der Waals surface area contributed by atoms with E-state index in [0.717, 1.165) is 64.9 Å². The Morgan fingerprint density at radius 1 is 1.08 bits per heavy atom. The van der Waals surface area contributed by atoms with Crippen molar-refractivity contribution in [3.8, 4) is 0 Å². The first-order valence-electron chi connectivity index (χ1n) is 8.96. The van der Waals surface area contributed by atoms with E-state index in [1.165, 1.54) is 0 Å². The Morgan fingerprint density at radius 2 is 1.88 bits per heavy atom. The van der Waals surface area contributed by atoms with Gasteiger partial charge in [-0.3, -0.25) is 4.98 Å². The first-order valence-corrected chi connectivity index (χ1v) is 9.34. The van der Waals surface area contributed by atoms with Crippen LogP contribution < -0.4 is 10.2 Å². The summed E-state index contributed by atoms with van der Waals surface area (Å²) in [5.41, 5.74) is 3.08. The van der Waals surface area contributed by atoms with Gasteiger partial charge in [0, 0.05) is 53.2 Å². The van der Waals surface area contributed by atoms with E-state index < -0.39 is 0 Å². The van der Waals surface area contributed by atoms with Crippen LogP contribution in [0.3, 0.4) is 0 Å². The van der Waals surface area contributed by atoms with Crippen molar-refractivity contribution in [1.82, 2.24) is 15.0 Å². The standard InChI is InChI=1S/C20H22ClN5/c1-13-11-20(24-14(2)23-13)26-9-6-16(7-10-26)25-19-5-8-22-18-4-3-15(21)12-17(18)19/h3-5,8,11-12,16H,6-7,9-10H2,1-2H3,(H,22,25). The third kappa shape index (κ3) is 3.58. The topological polar surface area (TPSA) is 53.9 Å². The van der Waals surface area contributed by atoms with Crippen LogP contribution in [0.5, 0.6) is 0 Å². The highest BCUT2D eigenvalue weighted by Gasteiger charge is 2.21. The molecule has 0 amide bonds. The number of aryl methyl sites for hydroxylation is 2. The second-order valence-corrected chi connectivity index (χ2v) is 7.28. The van der Waals surface area contributed by atoms with E-state index in [4.69, 9.17) is 11.6 Å². The van der Waals surface area contributed by atoms with Crippen molar-refractivity contribution in [3.63, 3.8) is 0 Å². The Balaban J connectivity index is 1.47. The van der Waals surface area contributed by atoms with E-state index in [9.17, 15) is 0 Å². The van der Waals surface area contributed by atoms with Crippen LogP contribution in [-0.2, 0) is 0 Å². The normalized spacial score (nSPS) is 15.4. The molecule has 0 bridgehead atoms. The fourth-order valence-corrected chi connectivity index (χ4v) is 3.75. The molecule has 2 aromatic heterocycles. The van der Waals surface area contributed by atoms with Crippen LogP contribution in [0.25, 0.3) is 10.9 Å². The number of aromatic nitrogens is 3. The van der Waals surface area contributed by atoms with Gasteiger partial charge >= 0.3 is 0 Å². The van der Waals surface area contributed by atoms with Gasteiger partial charge in [0.25, 0.3) is 0 Å². The zero-order valence-corrected chi connectivity index (χ0v) is 15.8. The van der Waals surface area contributed by atoms with Crippen LogP contribution in [0.4, 0.5) is 11.5 Å². The Bertz CT molecular complexity index is 914. The van der Waals surface area contributed by atoms with Crippen molar-refractivity contribution in [2.24, 2.45) is 0 Å². The molecule has 26 heavy (non-hydrogen) atoms.